The smallest absolute Gasteiger partial charge is 0.162 e. The van der Waals surface area contributed by atoms with E-state index in [2.05, 4.69) is 31.4 Å². The van der Waals surface area contributed by atoms with Gasteiger partial charge in [0.1, 0.15) is 18.9 Å². The van der Waals surface area contributed by atoms with E-state index in [1.807, 2.05) is 25.2 Å². The first-order chi connectivity index (χ1) is 9.29. The summed E-state index contributed by atoms with van der Waals surface area (Å²) in [4.78, 5) is 0. The fourth-order valence-electron chi connectivity index (χ4n) is 2.04. The highest BCUT2D eigenvalue weighted by molar-refractivity contribution is 9.10. The highest BCUT2D eigenvalue weighted by atomic mass is 79.9. The van der Waals surface area contributed by atoms with E-state index in [0.29, 0.717) is 13.2 Å². The van der Waals surface area contributed by atoms with Crippen molar-refractivity contribution >= 4 is 15.9 Å². The third kappa shape index (κ3) is 2.33. The number of hydrogen-bond donors (Lipinski definition) is 2. The number of ether oxygens (including phenoxy) is 2. The van der Waals surface area contributed by atoms with Gasteiger partial charge in [0.05, 0.1) is 10.2 Å². The molecular weight excluding hydrogens is 310 g/mol. The average molecular weight is 324 g/mol. The third-order valence-electron chi connectivity index (χ3n) is 2.94. The van der Waals surface area contributed by atoms with Gasteiger partial charge in [-0.15, -0.1) is 0 Å². The molecule has 2 N–H and O–H groups in total. The summed E-state index contributed by atoms with van der Waals surface area (Å²) in [5.41, 5.74) is 2.89. The molecule has 0 aliphatic carbocycles. The number of hydrogen-bond acceptors (Lipinski definition) is 4. The van der Waals surface area contributed by atoms with E-state index in [0.717, 1.165) is 39.5 Å². The van der Waals surface area contributed by atoms with Crippen LogP contribution in [0.3, 0.4) is 0 Å². The van der Waals surface area contributed by atoms with E-state index in [9.17, 15) is 0 Å². The van der Waals surface area contributed by atoms with Gasteiger partial charge in [0.15, 0.2) is 11.5 Å². The number of nitrogens with zero attached hydrogens (tertiary/aromatic N) is 1. The summed E-state index contributed by atoms with van der Waals surface area (Å²) >= 11 is 3.58. The van der Waals surface area contributed by atoms with Crippen molar-refractivity contribution in [2.24, 2.45) is 0 Å². The van der Waals surface area contributed by atoms with Crippen LogP contribution in [0.15, 0.2) is 22.7 Å². The summed E-state index contributed by atoms with van der Waals surface area (Å²) in [6, 6.07) is 5.86. The summed E-state index contributed by atoms with van der Waals surface area (Å²) in [5, 5.41) is 10.5. The van der Waals surface area contributed by atoms with Gasteiger partial charge in [-0.2, -0.15) is 5.10 Å². The molecule has 0 amide bonds. The van der Waals surface area contributed by atoms with E-state index >= 15 is 0 Å². The van der Waals surface area contributed by atoms with Crippen LogP contribution in [0, 0.1) is 0 Å². The van der Waals surface area contributed by atoms with Crippen LogP contribution in [0.5, 0.6) is 11.5 Å². The average Bonchev–Trinajstić information content (AvgIpc) is 2.80. The van der Waals surface area contributed by atoms with E-state index in [1.54, 1.807) is 0 Å². The number of nitrogens with one attached hydrogen (secondary N) is 2. The molecule has 0 saturated carbocycles. The fraction of sp³-hybridized carbons (Fsp3) is 0.308. The number of aromatic nitrogens is 2. The molecule has 0 saturated heterocycles. The predicted octanol–water partition coefficient (Wildman–Crippen LogP) is 2.33. The van der Waals surface area contributed by atoms with Crippen molar-refractivity contribution < 1.29 is 9.47 Å². The first-order valence-corrected chi connectivity index (χ1v) is 6.86. The summed E-state index contributed by atoms with van der Waals surface area (Å²) in [5.74, 6) is 1.56. The molecule has 6 heteroatoms. The molecule has 1 aliphatic rings. The van der Waals surface area contributed by atoms with E-state index in [1.165, 1.54) is 0 Å². The molecule has 0 atom stereocenters. The lowest BCUT2D eigenvalue weighted by molar-refractivity contribution is 0.171. The van der Waals surface area contributed by atoms with Gasteiger partial charge in [-0.25, -0.2) is 0 Å². The standard InChI is InChI=1S/C13H14BrN3O2/c1-15-7-9-12(14)13(17-16-9)8-2-3-10-11(6-8)19-5-4-18-10/h2-3,6,15H,4-5,7H2,1H3,(H,16,17). The lowest BCUT2D eigenvalue weighted by atomic mass is 10.1. The van der Waals surface area contributed by atoms with Crippen molar-refractivity contribution in [3.05, 3.63) is 28.4 Å². The molecule has 2 aromatic rings. The lowest BCUT2D eigenvalue weighted by Crippen LogP contribution is -2.15. The van der Waals surface area contributed by atoms with Gasteiger partial charge in [-0.1, -0.05) is 0 Å². The molecule has 2 heterocycles. The Morgan fingerprint density at radius 1 is 1.32 bits per heavy atom. The quantitative estimate of drug-likeness (QED) is 0.910. The van der Waals surface area contributed by atoms with Crippen LogP contribution in [0.4, 0.5) is 0 Å². The Hall–Kier alpha value is -1.53. The molecule has 0 unspecified atom stereocenters. The molecule has 19 heavy (non-hydrogen) atoms. The van der Waals surface area contributed by atoms with E-state index in [4.69, 9.17) is 9.47 Å². The van der Waals surface area contributed by atoms with Crippen LogP contribution in [-0.4, -0.2) is 30.5 Å². The zero-order valence-corrected chi connectivity index (χ0v) is 12.1. The molecule has 1 aromatic carbocycles. The summed E-state index contributed by atoms with van der Waals surface area (Å²) < 4.78 is 12.1. The number of fused-ring (bicyclic) bond motifs is 1. The van der Waals surface area contributed by atoms with Gasteiger partial charge in [0.2, 0.25) is 0 Å². The summed E-state index contributed by atoms with van der Waals surface area (Å²) in [6.07, 6.45) is 0. The maximum absolute atomic E-state index is 5.59. The first kappa shape index (κ1) is 12.5. The normalized spacial score (nSPS) is 13.6. The molecule has 3 rings (SSSR count). The Bertz CT molecular complexity index is 598. The van der Waals surface area contributed by atoms with Gasteiger partial charge >= 0.3 is 0 Å². The SMILES string of the molecule is CNCc1[nH]nc(-c2ccc3c(c2)OCCO3)c1Br. The van der Waals surface area contributed by atoms with Crippen LogP contribution in [0.1, 0.15) is 5.69 Å². The zero-order chi connectivity index (χ0) is 13.2. The van der Waals surface area contributed by atoms with Crippen molar-refractivity contribution in [2.45, 2.75) is 6.54 Å². The maximum Gasteiger partial charge on any atom is 0.162 e. The number of aromatic amines is 1. The molecule has 100 valence electrons. The van der Waals surface area contributed by atoms with Crippen molar-refractivity contribution in [2.75, 3.05) is 20.3 Å². The van der Waals surface area contributed by atoms with Gasteiger partial charge in [0.25, 0.3) is 0 Å². The fourth-order valence-corrected chi connectivity index (χ4v) is 2.59. The highest BCUT2D eigenvalue weighted by Gasteiger charge is 2.16. The van der Waals surface area contributed by atoms with Gasteiger partial charge < -0.3 is 14.8 Å². The van der Waals surface area contributed by atoms with Crippen LogP contribution in [0.2, 0.25) is 0 Å². The zero-order valence-electron chi connectivity index (χ0n) is 10.5. The Kier molecular flexibility index (Phi) is 3.44. The topological polar surface area (TPSA) is 59.2 Å². The molecule has 0 spiro atoms. The molecule has 1 aliphatic heterocycles. The predicted molar refractivity (Wildman–Crippen MR) is 75.5 cm³/mol. The minimum atomic E-state index is 0.587. The monoisotopic (exact) mass is 323 g/mol. The van der Waals surface area contributed by atoms with Crippen molar-refractivity contribution in [3.63, 3.8) is 0 Å². The largest absolute Gasteiger partial charge is 0.486 e. The summed E-state index contributed by atoms with van der Waals surface area (Å²) in [6.45, 7) is 1.92. The Morgan fingerprint density at radius 2 is 2.11 bits per heavy atom. The van der Waals surface area contributed by atoms with Gasteiger partial charge in [0, 0.05) is 12.1 Å². The molecule has 1 aromatic heterocycles. The van der Waals surface area contributed by atoms with Crippen molar-refractivity contribution in [1.29, 1.82) is 0 Å². The molecule has 0 fully saturated rings. The van der Waals surface area contributed by atoms with E-state index in [-0.39, 0.29) is 0 Å². The molecular formula is C13H14BrN3O2. The lowest BCUT2D eigenvalue weighted by Gasteiger charge is -2.18. The maximum atomic E-state index is 5.59. The first-order valence-electron chi connectivity index (χ1n) is 6.07. The second kappa shape index (κ2) is 5.22. The molecule has 0 bridgehead atoms. The minimum absolute atomic E-state index is 0.587. The summed E-state index contributed by atoms with van der Waals surface area (Å²) in [7, 11) is 1.90. The van der Waals surface area contributed by atoms with Crippen molar-refractivity contribution in [3.8, 4) is 22.8 Å². The van der Waals surface area contributed by atoms with Gasteiger partial charge in [-0.05, 0) is 41.2 Å². The molecule has 0 radical (unpaired) electrons. The number of benzene rings is 1. The molecule has 5 nitrogen and oxygen atoms in total. The Labute approximate surface area is 119 Å². The van der Waals surface area contributed by atoms with E-state index < -0.39 is 0 Å². The number of halogens is 1. The highest BCUT2D eigenvalue weighted by Crippen LogP contribution is 2.36. The third-order valence-corrected chi connectivity index (χ3v) is 3.80. The second-order valence-corrected chi connectivity index (χ2v) is 5.05. The van der Waals surface area contributed by atoms with Crippen LogP contribution < -0.4 is 14.8 Å². The van der Waals surface area contributed by atoms with Crippen molar-refractivity contribution in [1.82, 2.24) is 15.5 Å². The Balaban J connectivity index is 1.98. The minimum Gasteiger partial charge on any atom is -0.486 e. The van der Waals surface area contributed by atoms with Crippen LogP contribution >= 0.6 is 15.9 Å². The van der Waals surface area contributed by atoms with Crippen LogP contribution in [0.25, 0.3) is 11.3 Å². The Morgan fingerprint density at radius 3 is 2.89 bits per heavy atom. The second-order valence-electron chi connectivity index (χ2n) is 4.25. The van der Waals surface area contributed by atoms with Crippen LogP contribution in [-0.2, 0) is 6.54 Å². The number of rotatable bonds is 3. The van der Waals surface area contributed by atoms with Gasteiger partial charge in [-0.3, -0.25) is 5.10 Å². The number of H-pyrrole nitrogens is 1.